The van der Waals surface area contributed by atoms with Crippen LogP contribution in [0.4, 0.5) is 0 Å². The molecule has 5 rings (SSSR count). The Hall–Kier alpha value is -3.23. The van der Waals surface area contributed by atoms with Crippen molar-refractivity contribution in [1.29, 1.82) is 0 Å². The maximum Gasteiger partial charge on any atom is 0.267 e. The molecule has 0 saturated carbocycles. The van der Waals surface area contributed by atoms with Crippen molar-refractivity contribution in [1.82, 2.24) is 19.7 Å². The minimum atomic E-state index is -0.186. The highest BCUT2D eigenvalue weighted by Crippen LogP contribution is 2.35. The lowest BCUT2D eigenvalue weighted by molar-refractivity contribution is 0.509. The Bertz CT molecular complexity index is 1360. The molecule has 0 aliphatic heterocycles. The molecule has 5 aromatic rings. The van der Waals surface area contributed by atoms with Crippen LogP contribution in [0.15, 0.2) is 86.5 Å². The van der Waals surface area contributed by atoms with Crippen molar-refractivity contribution >= 4 is 33.3 Å². The largest absolute Gasteiger partial charge is 0.419 e. The van der Waals surface area contributed by atoms with Crippen LogP contribution in [0.3, 0.4) is 0 Å². The number of para-hydroxylation sites is 1. The number of thiophene rings is 1. The summed E-state index contributed by atoms with van der Waals surface area (Å²) in [7, 11) is 0. The van der Waals surface area contributed by atoms with Gasteiger partial charge in [-0.15, -0.1) is 21.5 Å². The topological polar surface area (TPSA) is 73.8 Å². The number of hydrogen-bond acceptors (Lipinski definition) is 7. The van der Waals surface area contributed by atoms with Crippen LogP contribution in [-0.4, -0.2) is 19.7 Å². The molecule has 6 nitrogen and oxygen atoms in total. The molecule has 8 heteroatoms. The Morgan fingerprint density at radius 3 is 2.50 bits per heavy atom. The van der Waals surface area contributed by atoms with E-state index in [1.807, 2.05) is 79.0 Å². The third-order valence-electron chi connectivity index (χ3n) is 4.57. The first-order chi connectivity index (χ1) is 14.7. The molecular formula is C22H16N4O2S2. The van der Waals surface area contributed by atoms with Gasteiger partial charge < -0.3 is 4.42 Å². The van der Waals surface area contributed by atoms with Crippen LogP contribution < -0.4 is 5.56 Å². The van der Waals surface area contributed by atoms with Gasteiger partial charge in [0.25, 0.3) is 5.56 Å². The number of hydrogen-bond donors (Lipinski definition) is 0. The zero-order chi connectivity index (χ0) is 20.5. The van der Waals surface area contributed by atoms with E-state index in [2.05, 4.69) is 10.2 Å². The molecule has 1 atom stereocenters. The Kier molecular flexibility index (Phi) is 4.94. The summed E-state index contributed by atoms with van der Waals surface area (Å²) in [6.45, 7) is 1.97. The van der Waals surface area contributed by atoms with E-state index in [-0.39, 0.29) is 10.8 Å². The van der Waals surface area contributed by atoms with Crippen LogP contribution in [0.2, 0.25) is 0 Å². The highest BCUT2D eigenvalue weighted by Gasteiger charge is 2.21. The average molecular weight is 433 g/mol. The molecule has 0 fully saturated rings. The summed E-state index contributed by atoms with van der Waals surface area (Å²) in [5.74, 6) is 0.958. The molecule has 2 aromatic carbocycles. The first-order valence-electron chi connectivity index (χ1n) is 9.32. The SMILES string of the molecule is CC(Sc1nc2sccc2c(=O)n1-c1ccccc1)c1nnc(-c2ccccc2)o1. The van der Waals surface area contributed by atoms with Crippen LogP contribution in [0, 0.1) is 0 Å². The molecule has 0 bridgehead atoms. The molecule has 30 heavy (non-hydrogen) atoms. The van der Waals surface area contributed by atoms with Gasteiger partial charge in [-0.1, -0.05) is 48.2 Å². The van der Waals surface area contributed by atoms with Crippen molar-refractivity contribution in [3.63, 3.8) is 0 Å². The zero-order valence-corrected chi connectivity index (χ0v) is 17.6. The van der Waals surface area contributed by atoms with Crippen molar-refractivity contribution in [3.8, 4) is 17.1 Å². The summed E-state index contributed by atoms with van der Waals surface area (Å²) < 4.78 is 7.54. The second-order valence-electron chi connectivity index (χ2n) is 6.58. The van der Waals surface area contributed by atoms with E-state index >= 15 is 0 Å². The lowest BCUT2D eigenvalue weighted by atomic mass is 10.2. The second-order valence-corrected chi connectivity index (χ2v) is 8.78. The Labute approximate surface area is 180 Å². The van der Waals surface area contributed by atoms with Crippen LogP contribution >= 0.6 is 23.1 Å². The molecular weight excluding hydrogens is 416 g/mol. The highest BCUT2D eigenvalue weighted by molar-refractivity contribution is 7.99. The van der Waals surface area contributed by atoms with Crippen molar-refractivity contribution in [2.45, 2.75) is 17.3 Å². The maximum atomic E-state index is 13.2. The Balaban J connectivity index is 1.54. The summed E-state index contributed by atoms with van der Waals surface area (Å²) >= 11 is 2.88. The van der Waals surface area contributed by atoms with Crippen molar-refractivity contribution in [2.75, 3.05) is 0 Å². The number of fused-ring (bicyclic) bond motifs is 1. The van der Waals surface area contributed by atoms with Gasteiger partial charge in [0.1, 0.15) is 4.83 Å². The third kappa shape index (κ3) is 3.44. The smallest absolute Gasteiger partial charge is 0.267 e. The predicted molar refractivity (Wildman–Crippen MR) is 119 cm³/mol. The van der Waals surface area contributed by atoms with E-state index in [1.165, 1.54) is 23.1 Å². The van der Waals surface area contributed by atoms with Gasteiger partial charge >= 0.3 is 0 Å². The van der Waals surface area contributed by atoms with Gasteiger partial charge in [0.15, 0.2) is 5.16 Å². The zero-order valence-electron chi connectivity index (χ0n) is 15.9. The van der Waals surface area contributed by atoms with Crippen molar-refractivity contribution in [2.24, 2.45) is 0 Å². The molecule has 0 amide bonds. The number of benzene rings is 2. The molecule has 0 saturated heterocycles. The van der Waals surface area contributed by atoms with Gasteiger partial charge in [0, 0.05) is 5.56 Å². The normalized spacial score (nSPS) is 12.3. The fraction of sp³-hybridized carbons (Fsp3) is 0.0909. The van der Waals surface area contributed by atoms with Crippen LogP contribution in [0.5, 0.6) is 0 Å². The molecule has 0 N–H and O–H groups in total. The van der Waals surface area contributed by atoms with Gasteiger partial charge in [0.05, 0.1) is 16.3 Å². The molecule has 3 heterocycles. The molecule has 0 radical (unpaired) electrons. The fourth-order valence-electron chi connectivity index (χ4n) is 3.08. The molecule has 3 aromatic heterocycles. The van der Waals surface area contributed by atoms with Gasteiger partial charge in [-0.25, -0.2) is 4.98 Å². The van der Waals surface area contributed by atoms with E-state index in [0.29, 0.717) is 22.3 Å². The molecule has 148 valence electrons. The standard InChI is InChI=1S/C22H16N4O2S2/c1-14(18-24-25-19(28-18)15-8-4-2-5-9-15)30-22-23-20-17(12-13-29-20)21(27)26(22)16-10-6-3-7-11-16/h2-14H,1H3. The van der Waals surface area contributed by atoms with Crippen LogP contribution in [0.25, 0.3) is 27.4 Å². The molecule has 0 aliphatic rings. The van der Waals surface area contributed by atoms with E-state index in [9.17, 15) is 4.79 Å². The third-order valence-corrected chi connectivity index (χ3v) is 6.42. The van der Waals surface area contributed by atoms with E-state index < -0.39 is 0 Å². The number of nitrogens with zero attached hydrogens (tertiary/aromatic N) is 4. The number of rotatable bonds is 5. The lowest BCUT2D eigenvalue weighted by Crippen LogP contribution is -2.21. The summed E-state index contributed by atoms with van der Waals surface area (Å²) in [5.41, 5.74) is 1.55. The molecule has 1 unspecified atom stereocenters. The fourth-order valence-corrected chi connectivity index (χ4v) is 4.85. The maximum absolute atomic E-state index is 13.2. The average Bonchev–Trinajstić information content (AvgIpc) is 3.45. The molecule has 0 aliphatic carbocycles. The van der Waals surface area contributed by atoms with Gasteiger partial charge in [-0.2, -0.15) is 0 Å². The summed E-state index contributed by atoms with van der Waals surface area (Å²) in [4.78, 5) is 18.7. The Morgan fingerprint density at radius 2 is 1.73 bits per heavy atom. The highest BCUT2D eigenvalue weighted by atomic mass is 32.2. The van der Waals surface area contributed by atoms with Crippen LogP contribution in [-0.2, 0) is 0 Å². The second kappa shape index (κ2) is 7.89. The number of aromatic nitrogens is 4. The lowest BCUT2D eigenvalue weighted by Gasteiger charge is -2.13. The summed E-state index contributed by atoms with van der Waals surface area (Å²) in [6.07, 6.45) is 0. The predicted octanol–water partition coefficient (Wildman–Crippen LogP) is 5.35. The first kappa shape index (κ1) is 18.8. The van der Waals surface area contributed by atoms with Gasteiger partial charge in [0.2, 0.25) is 11.8 Å². The monoisotopic (exact) mass is 432 g/mol. The van der Waals surface area contributed by atoms with E-state index in [4.69, 9.17) is 9.40 Å². The minimum Gasteiger partial charge on any atom is -0.419 e. The minimum absolute atomic E-state index is 0.0855. The van der Waals surface area contributed by atoms with Crippen molar-refractivity contribution < 1.29 is 4.42 Å². The summed E-state index contributed by atoms with van der Waals surface area (Å²) in [5, 5.41) is 11.3. The number of thioether (sulfide) groups is 1. The van der Waals surface area contributed by atoms with Gasteiger partial charge in [-0.05, 0) is 42.6 Å². The van der Waals surface area contributed by atoms with Gasteiger partial charge in [-0.3, -0.25) is 9.36 Å². The van der Waals surface area contributed by atoms with Crippen LogP contribution in [0.1, 0.15) is 18.1 Å². The van der Waals surface area contributed by atoms with E-state index in [0.717, 1.165) is 16.1 Å². The van der Waals surface area contributed by atoms with E-state index in [1.54, 1.807) is 4.57 Å². The summed E-state index contributed by atoms with van der Waals surface area (Å²) in [6, 6.07) is 21.0. The Morgan fingerprint density at radius 1 is 1.00 bits per heavy atom. The molecule has 0 spiro atoms. The first-order valence-corrected chi connectivity index (χ1v) is 11.1. The quantitative estimate of drug-likeness (QED) is 0.275. The van der Waals surface area contributed by atoms with Crippen molar-refractivity contribution in [3.05, 3.63) is 88.4 Å².